The van der Waals surface area contributed by atoms with Gasteiger partial charge in [0.15, 0.2) is 11.5 Å². The molecule has 2 unspecified atom stereocenters. The van der Waals surface area contributed by atoms with Crippen LogP contribution in [0.4, 0.5) is 9.18 Å². The molecule has 3 heterocycles. The number of piperidine rings is 1. The van der Waals surface area contributed by atoms with Crippen LogP contribution in [0.2, 0.25) is 5.02 Å². The summed E-state index contributed by atoms with van der Waals surface area (Å²) in [6.45, 7) is 3.81. The molecular weight excluding hydrogens is 403 g/mol. The highest BCUT2D eigenvalue weighted by Crippen LogP contribution is 2.39. The fourth-order valence-electron chi connectivity index (χ4n) is 4.23. The third kappa shape index (κ3) is 4.70. The average Bonchev–Trinajstić information content (AvgIpc) is 3.06. The van der Waals surface area contributed by atoms with E-state index in [1.807, 2.05) is 0 Å². The molecule has 2 atom stereocenters. The first kappa shape index (κ1) is 20.5. The van der Waals surface area contributed by atoms with Crippen LogP contribution < -0.4 is 9.47 Å². The summed E-state index contributed by atoms with van der Waals surface area (Å²) in [6.07, 6.45) is 2.50. The van der Waals surface area contributed by atoms with Crippen LogP contribution in [0.1, 0.15) is 19.3 Å². The number of nitrogens with zero attached hydrogens (tertiary/aromatic N) is 2. The molecule has 0 spiro atoms. The highest BCUT2D eigenvalue weighted by molar-refractivity contribution is 6.32. The molecule has 9 heteroatoms. The van der Waals surface area contributed by atoms with Gasteiger partial charge in [0.05, 0.1) is 17.7 Å². The van der Waals surface area contributed by atoms with Crippen LogP contribution in [0.25, 0.3) is 0 Å². The zero-order valence-corrected chi connectivity index (χ0v) is 16.9. The molecule has 1 amide bonds. The molecule has 1 aromatic carbocycles. The Bertz CT molecular complexity index is 744. The van der Waals surface area contributed by atoms with Gasteiger partial charge in [-0.25, -0.2) is 9.18 Å². The van der Waals surface area contributed by atoms with Gasteiger partial charge in [0, 0.05) is 19.2 Å². The number of aliphatic hydroxyl groups is 1. The lowest BCUT2D eigenvalue weighted by Gasteiger charge is -2.36. The van der Waals surface area contributed by atoms with Crippen LogP contribution in [0.5, 0.6) is 11.5 Å². The van der Waals surface area contributed by atoms with Gasteiger partial charge in [-0.1, -0.05) is 11.6 Å². The topological polar surface area (TPSA) is 71.5 Å². The molecule has 7 nitrogen and oxygen atoms in total. The summed E-state index contributed by atoms with van der Waals surface area (Å²) in [5.41, 5.74) is 0. The van der Waals surface area contributed by atoms with Gasteiger partial charge in [-0.05, 0) is 44.3 Å². The molecule has 29 heavy (non-hydrogen) atoms. The number of ether oxygens (including phenoxy) is 3. The zero-order chi connectivity index (χ0) is 20.4. The predicted molar refractivity (Wildman–Crippen MR) is 104 cm³/mol. The number of fused-ring (bicyclic) bond motifs is 1. The number of hydrogen-bond donors (Lipinski definition) is 1. The Kier molecular flexibility index (Phi) is 6.32. The SMILES string of the molecule is O=C1OCC(CO)N1CCC1CCN(CC2COc3c(Cl)cc(F)cc3O2)CC1. The third-order valence-corrected chi connectivity index (χ3v) is 6.19. The molecule has 0 aliphatic carbocycles. The number of amides is 1. The van der Waals surface area contributed by atoms with E-state index in [4.69, 9.17) is 25.8 Å². The largest absolute Gasteiger partial charge is 0.484 e. The fourth-order valence-corrected chi connectivity index (χ4v) is 4.48. The lowest BCUT2D eigenvalue weighted by Crippen LogP contribution is -2.44. The molecule has 2 fully saturated rings. The van der Waals surface area contributed by atoms with E-state index in [1.54, 1.807) is 4.90 Å². The Morgan fingerprint density at radius 3 is 2.76 bits per heavy atom. The second kappa shape index (κ2) is 8.93. The van der Waals surface area contributed by atoms with Gasteiger partial charge in [0.25, 0.3) is 0 Å². The van der Waals surface area contributed by atoms with E-state index in [0.29, 0.717) is 37.1 Å². The van der Waals surface area contributed by atoms with Gasteiger partial charge in [-0.15, -0.1) is 0 Å². The normalized spacial score (nSPS) is 25.3. The second-order valence-corrected chi connectivity index (χ2v) is 8.31. The van der Waals surface area contributed by atoms with E-state index >= 15 is 0 Å². The van der Waals surface area contributed by atoms with E-state index < -0.39 is 5.82 Å². The van der Waals surface area contributed by atoms with Crippen LogP contribution in [-0.2, 0) is 4.74 Å². The lowest BCUT2D eigenvalue weighted by atomic mass is 9.93. The van der Waals surface area contributed by atoms with Crippen molar-refractivity contribution in [1.29, 1.82) is 0 Å². The number of cyclic esters (lactones) is 1. The summed E-state index contributed by atoms with van der Waals surface area (Å²) in [4.78, 5) is 15.7. The van der Waals surface area contributed by atoms with Crippen molar-refractivity contribution < 1.29 is 28.5 Å². The quantitative estimate of drug-likeness (QED) is 0.750. The van der Waals surface area contributed by atoms with Crippen molar-refractivity contribution in [2.75, 3.05) is 46.0 Å². The number of aliphatic hydroxyl groups excluding tert-OH is 1. The highest BCUT2D eigenvalue weighted by Gasteiger charge is 2.33. The minimum atomic E-state index is -0.441. The number of halogens is 2. The van der Waals surface area contributed by atoms with E-state index in [0.717, 1.165) is 32.4 Å². The Morgan fingerprint density at radius 2 is 2.00 bits per heavy atom. The first-order valence-electron chi connectivity index (χ1n) is 10.1. The van der Waals surface area contributed by atoms with Crippen LogP contribution in [0, 0.1) is 11.7 Å². The summed E-state index contributed by atoms with van der Waals surface area (Å²) in [5, 5.41) is 9.57. The third-order valence-electron chi connectivity index (χ3n) is 5.91. The van der Waals surface area contributed by atoms with Gasteiger partial charge in [0.2, 0.25) is 0 Å². The molecule has 0 aromatic heterocycles. The van der Waals surface area contributed by atoms with Gasteiger partial charge in [0.1, 0.15) is 25.1 Å². The first-order valence-corrected chi connectivity index (χ1v) is 10.5. The molecule has 2 saturated heterocycles. The fraction of sp³-hybridized carbons (Fsp3) is 0.650. The van der Waals surface area contributed by atoms with Crippen molar-refractivity contribution >= 4 is 17.7 Å². The number of hydrogen-bond acceptors (Lipinski definition) is 6. The van der Waals surface area contributed by atoms with Crippen molar-refractivity contribution in [3.05, 3.63) is 23.0 Å². The van der Waals surface area contributed by atoms with Gasteiger partial charge in [-0.2, -0.15) is 0 Å². The van der Waals surface area contributed by atoms with Crippen molar-refractivity contribution in [3.8, 4) is 11.5 Å². The summed E-state index contributed by atoms with van der Waals surface area (Å²) < 4.78 is 30.2. The van der Waals surface area contributed by atoms with Crippen molar-refractivity contribution in [3.63, 3.8) is 0 Å². The Hall–Kier alpha value is -1.77. The number of carbonyl (C=O) groups excluding carboxylic acids is 1. The Labute approximate surface area is 174 Å². The molecular formula is C20H26ClFN2O5. The van der Waals surface area contributed by atoms with Crippen LogP contribution in [0.3, 0.4) is 0 Å². The second-order valence-electron chi connectivity index (χ2n) is 7.91. The summed E-state index contributed by atoms with van der Waals surface area (Å²) in [7, 11) is 0. The number of likely N-dealkylation sites (tertiary alicyclic amines) is 1. The highest BCUT2D eigenvalue weighted by atomic mass is 35.5. The van der Waals surface area contributed by atoms with Crippen LogP contribution in [-0.4, -0.2) is 79.1 Å². The van der Waals surface area contributed by atoms with Crippen LogP contribution >= 0.6 is 11.6 Å². The molecule has 0 bridgehead atoms. The lowest BCUT2D eigenvalue weighted by molar-refractivity contribution is 0.0461. The average molecular weight is 429 g/mol. The summed E-state index contributed by atoms with van der Waals surface area (Å²) >= 11 is 6.01. The van der Waals surface area contributed by atoms with Gasteiger partial charge < -0.3 is 19.3 Å². The number of carbonyl (C=O) groups is 1. The molecule has 0 radical (unpaired) electrons. The molecule has 3 aliphatic rings. The summed E-state index contributed by atoms with van der Waals surface area (Å²) in [5.74, 6) is 0.863. The molecule has 0 saturated carbocycles. The van der Waals surface area contributed by atoms with E-state index in [2.05, 4.69) is 4.90 Å². The number of rotatable bonds is 6. The van der Waals surface area contributed by atoms with E-state index in [-0.39, 0.29) is 36.5 Å². The van der Waals surface area contributed by atoms with Crippen LogP contribution in [0.15, 0.2) is 12.1 Å². The molecule has 4 rings (SSSR count). The molecule has 1 aromatic rings. The maximum absolute atomic E-state index is 13.6. The maximum atomic E-state index is 13.6. The predicted octanol–water partition coefficient (Wildman–Crippen LogP) is 2.53. The first-order chi connectivity index (χ1) is 14.0. The zero-order valence-electron chi connectivity index (χ0n) is 16.2. The minimum Gasteiger partial charge on any atom is -0.484 e. The van der Waals surface area contributed by atoms with Crippen molar-refractivity contribution in [2.24, 2.45) is 5.92 Å². The number of benzene rings is 1. The molecule has 1 N–H and O–H groups in total. The van der Waals surface area contributed by atoms with Gasteiger partial charge >= 0.3 is 6.09 Å². The monoisotopic (exact) mass is 428 g/mol. The Balaban J connectivity index is 1.22. The van der Waals surface area contributed by atoms with E-state index in [1.165, 1.54) is 12.1 Å². The smallest absolute Gasteiger partial charge is 0.410 e. The summed E-state index contributed by atoms with van der Waals surface area (Å²) in [6, 6.07) is 2.31. The van der Waals surface area contributed by atoms with E-state index in [9.17, 15) is 14.3 Å². The molecule has 160 valence electrons. The van der Waals surface area contributed by atoms with Gasteiger partial charge in [-0.3, -0.25) is 9.80 Å². The minimum absolute atomic E-state index is 0.0636. The molecule has 3 aliphatic heterocycles. The standard InChI is InChI=1S/C20H26ClFN2O5/c21-17-7-14(22)8-18-19(17)27-12-16(29-18)9-23-4-1-13(2-5-23)3-6-24-15(10-25)11-28-20(24)26/h7-8,13,15-16,25H,1-6,9-12H2. The van der Waals surface area contributed by atoms with Crippen molar-refractivity contribution in [1.82, 2.24) is 9.80 Å². The maximum Gasteiger partial charge on any atom is 0.410 e. The van der Waals surface area contributed by atoms with Crippen molar-refractivity contribution in [2.45, 2.75) is 31.4 Å². The Morgan fingerprint density at radius 1 is 1.21 bits per heavy atom.